The first-order valence-electron chi connectivity index (χ1n) is 5.81. The van der Waals surface area contributed by atoms with E-state index in [1.165, 1.54) is 0 Å². The summed E-state index contributed by atoms with van der Waals surface area (Å²) in [5, 5.41) is 4.06. The highest BCUT2D eigenvalue weighted by molar-refractivity contribution is 5.84. The van der Waals surface area contributed by atoms with Crippen LogP contribution in [0, 0.1) is 5.92 Å². The lowest BCUT2D eigenvalue weighted by Crippen LogP contribution is -2.36. The molecule has 0 spiro atoms. The Kier molecular flexibility index (Phi) is 4.68. The largest absolute Gasteiger partial charge is 0.321 e. The van der Waals surface area contributed by atoms with Gasteiger partial charge in [0, 0.05) is 25.4 Å². The third kappa shape index (κ3) is 3.17. The lowest BCUT2D eigenvalue weighted by molar-refractivity contribution is -0.121. The van der Waals surface area contributed by atoms with E-state index in [2.05, 4.69) is 12.0 Å². The summed E-state index contributed by atoms with van der Waals surface area (Å²) in [6, 6.07) is 1.61. The molecule has 1 rings (SSSR count). The van der Waals surface area contributed by atoms with Gasteiger partial charge < -0.3 is 5.73 Å². The van der Waals surface area contributed by atoms with Gasteiger partial charge in [0.15, 0.2) is 0 Å². The van der Waals surface area contributed by atoms with Crippen molar-refractivity contribution in [3.05, 3.63) is 18.0 Å². The first-order chi connectivity index (χ1) is 7.56. The molecule has 0 aliphatic carbocycles. The molecule has 2 N–H and O–H groups in total. The van der Waals surface area contributed by atoms with Crippen LogP contribution in [0.2, 0.25) is 0 Å². The maximum Gasteiger partial charge on any atom is 0.150 e. The predicted molar refractivity (Wildman–Crippen MR) is 64.0 cm³/mol. The number of nitrogens with two attached hydrogens (primary N) is 1. The normalized spacial score (nSPS) is 14.8. The van der Waals surface area contributed by atoms with E-state index < -0.39 is 0 Å². The Morgan fingerprint density at radius 2 is 2.31 bits per heavy atom. The van der Waals surface area contributed by atoms with Crippen molar-refractivity contribution in [1.82, 2.24) is 9.78 Å². The van der Waals surface area contributed by atoms with Crippen molar-refractivity contribution < 1.29 is 4.79 Å². The number of hydrogen-bond donors (Lipinski definition) is 1. The lowest BCUT2D eigenvalue weighted by atomic mass is 9.94. The van der Waals surface area contributed by atoms with Crippen LogP contribution < -0.4 is 5.73 Å². The molecule has 2 atom stereocenters. The van der Waals surface area contributed by atoms with Crippen molar-refractivity contribution >= 4 is 5.78 Å². The van der Waals surface area contributed by atoms with Crippen LogP contribution in [0.5, 0.6) is 0 Å². The molecule has 0 saturated heterocycles. The number of aryl methyl sites for hydroxylation is 2. The molecule has 0 aromatic carbocycles. The highest BCUT2D eigenvalue weighted by Crippen LogP contribution is 2.10. The molecule has 4 heteroatoms. The fourth-order valence-corrected chi connectivity index (χ4v) is 1.64. The van der Waals surface area contributed by atoms with Gasteiger partial charge in [-0.3, -0.25) is 9.48 Å². The average molecular weight is 223 g/mol. The molecule has 4 nitrogen and oxygen atoms in total. The number of Topliss-reactive ketones (excluding diaryl/α,β-unsaturated/α-hetero) is 1. The molecule has 1 aromatic rings. The summed E-state index contributed by atoms with van der Waals surface area (Å²) < 4.78 is 1.79. The van der Waals surface area contributed by atoms with Gasteiger partial charge >= 0.3 is 0 Å². The maximum atomic E-state index is 11.8. The smallest absolute Gasteiger partial charge is 0.150 e. The zero-order valence-corrected chi connectivity index (χ0v) is 10.3. The monoisotopic (exact) mass is 223 g/mol. The van der Waals surface area contributed by atoms with Gasteiger partial charge in [-0.05, 0) is 18.4 Å². The van der Waals surface area contributed by atoms with Gasteiger partial charge in [-0.1, -0.05) is 20.3 Å². The summed E-state index contributed by atoms with van der Waals surface area (Å²) in [6.07, 6.45) is 3.91. The third-order valence-electron chi connectivity index (χ3n) is 3.18. The molecule has 0 saturated carbocycles. The van der Waals surface area contributed by atoms with Crippen molar-refractivity contribution in [2.45, 2.75) is 39.2 Å². The zero-order valence-electron chi connectivity index (χ0n) is 10.3. The Balaban J connectivity index is 2.44. The van der Waals surface area contributed by atoms with E-state index in [0.29, 0.717) is 6.42 Å². The van der Waals surface area contributed by atoms with E-state index in [1.54, 1.807) is 10.9 Å². The summed E-state index contributed by atoms with van der Waals surface area (Å²) in [7, 11) is 1.88. The minimum absolute atomic E-state index is 0.149. The Bertz CT molecular complexity index is 346. The van der Waals surface area contributed by atoms with Crippen LogP contribution in [-0.4, -0.2) is 21.6 Å². The second-order valence-electron chi connectivity index (χ2n) is 4.32. The summed E-state index contributed by atoms with van der Waals surface area (Å²) in [5.74, 6) is 0.412. The van der Waals surface area contributed by atoms with E-state index in [4.69, 9.17) is 5.73 Å². The molecule has 0 amide bonds. The van der Waals surface area contributed by atoms with Crippen molar-refractivity contribution in [2.75, 3.05) is 0 Å². The molecule has 2 unspecified atom stereocenters. The summed E-state index contributed by atoms with van der Waals surface area (Å²) in [5.41, 5.74) is 6.95. The quantitative estimate of drug-likeness (QED) is 0.790. The minimum Gasteiger partial charge on any atom is -0.321 e. The van der Waals surface area contributed by atoms with Crippen molar-refractivity contribution in [2.24, 2.45) is 18.7 Å². The van der Waals surface area contributed by atoms with Gasteiger partial charge in [0.2, 0.25) is 0 Å². The highest BCUT2D eigenvalue weighted by atomic mass is 16.1. The Hall–Kier alpha value is -1.16. The fourth-order valence-electron chi connectivity index (χ4n) is 1.64. The molecule has 16 heavy (non-hydrogen) atoms. The molecule has 90 valence electrons. The van der Waals surface area contributed by atoms with E-state index in [-0.39, 0.29) is 17.7 Å². The standard InChI is InChI=1S/C12H21N3O/c1-4-9(2)12(13)11(16)6-5-10-7-8-14-15(10)3/h7-9,12H,4-6,13H2,1-3H3. The maximum absolute atomic E-state index is 11.8. The summed E-state index contributed by atoms with van der Waals surface area (Å²) in [4.78, 5) is 11.8. The third-order valence-corrected chi connectivity index (χ3v) is 3.18. The Morgan fingerprint density at radius 3 is 2.81 bits per heavy atom. The van der Waals surface area contributed by atoms with Gasteiger partial charge in [0.1, 0.15) is 5.78 Å². The van der Waals surface area contributed by atoms with Gasteiger partial charge in [-0.25, -0.2) is 0 Å². The Labute approximate surface area is 96.8 Å². The van der Waals surface area contributed by atoms with Gasteiger partial charge in [-0.15, -0.1) is 0 Å². The predicted octanol–water partition coefficient (Wildman–Crippen LogP) is 1.30. The minimum atomic E-state index is -0.321. The van der Waals surface area contributed by atoms with Crippen molar-refractivity contribution in [3.63, 3.8) is 0 Å². The van der Waals surface area contributed by atoms with E-state index >= 15 is 0 Å². The number of ketones is 1. The molecule has 0 radical (unpaired) electrons. The molecular formula is C12H21N3O. The number of hydrogen-bond acceptors (Lipinski definition) is 3. The first kappa shape index (κ1) is 12.9. The first-order valence-corrected chi connectivity index (χ1v) is 5.81. The summed E-state index contributed by atoms with van der Waals surface area (Å²) in [6.45, 7) is 4.07. The van der Waals surface area contributed by atoms with E-state index in [9.17, 15) is 4.79 Å². The second-order valence-corrected chi connectivity index (χ2v) is 4.32. The van der Waals surface area contributed by atoms with Crippen LogP contribution in [0.1, 0.15) is 32.4 Å². The Morgan fingerprint density at radius 1 is 1.62 bits per heavy atom. The SMILES string of the molecule is CCC(C)C(N)C(=O)CCc1ccnn1C. The number of carbonyl (C=O) groups is 1. The van der Waals surface area contributed by atoms with E-state index in [0.717, 1.165) is 18.5 Å². The molecular weight excluding hydrogens is 202 g/mol. The topological polar surface area (TPSA) is 60.9 Å². The lowest BCUT2D eigenvalue weighted by Gasteiger charge is -2.16. The van der Waals surface area contributed by atoms with Crippen LogP contribution >= 0.6 is 0 Å². The second kappa shape index (κ2) is 5.80. The van der Waals surface area contributed by atoms with Crippen molar-refractivity contribution in [3.8, 4) is 0 Å². The number of nitrogens with zero attached hydrogens (tertiary/aromatic N) is 2. The van der Waals surface area contributed by atoms with Crippen molar-refractivity contribution in [1.29, 1.82) is 0 Å². The highest BCUT2D eigenvalue weighted by Gasteiger charge is 2.19. The molecule has 0 aliphatic rings. The number of rotatable bonds is 6. The van der Waals surface area contributed by atoms with Gasteiger partial charge in [0.25, 0.3) is 0 Å². The van der Waals surface area contributed by atoms with Gasteiger partial charge in [-0.2, -0.15) is 5.10 Å². The molecule has 0 bridgehead atoms. The van der Waals surface area contributed by atoms with Crippen LogP contribution in [0.25, 0.3) is 0 Å². The average Bonchev–Trinajstić information content (AvgIpc) is 2.69. The van der Waals surface area contributed by atoms with Gasteiger partial charge in [0.05, 0.1) is 6.04 Å². The number of carbonyl (C=O) groups excluding carboxylic acids is 1. The van der Waals surface area contributed by atoms with E-state index in [1.807, 2.05) is 20.0 Å². The zero-order chi connectivity index (χ0) is 12.1. The van der Waals surface area contributed by atoms with Crippen LogP contribution in [0.3, 0.4) is 0 Å². The molecule has 0 aliphatic heterocycles. The molecule has 1 heterocycles. The van der Waals surface area contributed by atoms with Crippen LogP contribution in [-0.2, 0) is 18.3 Å². The fraction of sp³-hybridized carbons (Fsp3) is 0.667. The molecule has 0 fully saturated rings. The number of aromatic nitrogens is 2. The van der Waals surface area contributed by atoms with Crippen LogP contribution in [0.4, 0.5) is 0 Å². The molecule has 1 aromatic heterocycles. The summed E-state index contributed by atoms with van der Waals surface area (Å²) >= 11 is 0. The van der Waals surface area contributed by atoms with Crippen LogP contribution in [0.15, 0.2) is 12.3 Å².